The fraction of sp³-hybridized carbons (Fsp3) is 0.818. The van der Waals surface area contributed by atoms with Crippen molar-refractivity contribution in [3.8, 4) is 0 Å². The summed E-state index contributed by atoms with van der Waals surface area (Å²) in [6.45, 7) is 6.66. The van der Waals surface area contributed by atoms with Crippen molar-refractivity contribution in [3.05, 3.63) is 12.2 Å². The minimum atomic E-state index is -0.455. The van der Waals surface area contributed by atoms with Gasteiger partial charge in [-0.3, -0.25) is 0 Å². The standard InChI is InChI=1S/C11H18O3/c1-8-7-10-9(5-4-6-12-8)13-11(2,3)14-10/h4-5,8-10H,6-7H2,1-3H3/b5-4-/t8?,9-,10+/m0/s1. The zero-order valence-corrected chi connectivity index (χ0v) is 9.03. The van der Waals surface area contributed by atoms with E-state index in [4.69, 9.17) is 14.2 Å². The van der Waals surface area contributed by atoms with Crippen LogP contribution < -0.4 is 0 Å². The van der Waals surface area contributed by atoms with Crippen molar-refractivity contribution in [1.29, 1.82) is 0 Å². The number of fused-ring (bicyclic) bond motifs is 1. The molecule has 2 aliphatic heterocycles. The fourth-order valence-electron chi connectivity index (χ4n) is 2.01. The highest BCUT2D eigenvalue weighted by atomic mass is 16.7. The third kappa shape index (κ3) is 2.16. The van der Waals surface area contributed by atoms with Crippen molar-refractivity contribution in [2.24, 2.45) is 0 Å². The average molecular weight is 198 g/mol. The molecule has 0 radical (unpaired) electrons. The molecule has 14 heavy (non-hydrogen) atoms. The Labute approximate surface area is 85.0 Å². The number of hydrogen-bond acceptors (Lipinski definition) is 3. The first-order valence-corrected chi connectivity index (χ1v) is 5.21. The van der Waals surface area contributed by atoms with Crippen molar-refractivity contribution in [3.63, 3.8) is 0 Å². The van der Waals surface area contributed by atoms with E-state index in [2.05, 4.69) is 6.92 Å². The lowest BCUT2D eigenvalue weighted by atomic mass is 10.1. The van der Waals surface area contributed by atoms with Crippen LogP contribution in [-0.2, 0) is 14.2 Å². The maximum atomic E-state index is 5.81. The molecule has 3 heteroatoms. The van der Waals surface area contributed by atoms with Crippen LogP contribution in [-0.4, -0.2) is 30.7 Å². The van der Waals surface area contributed by atoms with E-state index >= 15 is 0 Å². The maximum Gasteiger partial charge on any atom is 0.164 e. The molecular formula is C11H18O3. The first-order valence-electron chi connectivity index (χ1n) is 5.21. The van der Waals surface area contributed by atoms with Gasteiger partial charge in [0.1, 0.15) is 6.10 Å². The largest absolute Gasteiger partial charge is 0.374 e. The highest BCUT2D eigenvalue weighted by molar-refractivity contribution is 5.00. The van der Waals surface area contributed by atoms with Gasteiger partial charge in [-0.05, 0) is 20.8 Å². The maximum absolute atomic E-state index is 5.81. The predicted octanol–water partition coefficient (Wildman–Crippen LogP) is 1.87. The molecule has 0 aromatic carbocycles. The molecule has 0 aromatic heterocycles. The van der Waals surface area contributed by atoms with Crippen LogP contribution in [0.15, 0.2) is 12.2 Å². The van der Waals surface area contributed by atoms with Crippen LogP contribution in [0.2, 0.25) is 0 Å². The van der Waals surface area contributed by atoms with Crippen molar-refractivity contribution in [1.82, 2.24) is 0 Å². The molecule has 1 unspecified atom stereocenters. The van der Waals surface area contributed by atoms with Crippen molar-refractivity contribution in [2.75, 3.05) is 6.61 Å². The highest BCUT2D eigenvalue weighted by Crippen LogP contribution is 2.32. The van der Waals surface area contributed by atoms with Crippen LogP contribution in [0.5, 0.6) is 0 Å². The van der Waals surface area contributed by atoms with Gasteiger partial charge in [0, 0.05) is 6.42 Å². The molecule has 0 spiro atoms. The lowest BCUT2D eigenvalue weighted by Gasteiger charge is -2.21. The zero-order chi connectivity index (χ0) is 10.2. The lowest BCUT2D eigenvalue weighted by molar-refractivity contribution is -0.145. The summed E-state index contributed by atoms with van der Waals surface area (Å²) < 4.78 is 17.1. The molecule has 0 amide bonds. The third-order valence-electron chi connectivity index (χ3n) is 2.59. The minimum absolute atomic E-state index is 0.0938. The van der Waals surface area contributed by atoms with Crippen LogP contribution in [0.4, 0.5) is 0 Å². The topological polar surface area (TPSA) is 27.7 Å². The Balaban J connectivity index is 2.10. The molecule has 2 heterocycles. The average Bonchev–Trinajstić information content (AvgIpc) is 2.31. The molecule has 0 bridgehead atoms. The Morgan fingerprint density at radius 2 is 2.07 bits per heavy atom. The number of hydrogen-bond donors (Lipinski definition) is 0. The molecule has 3 atom stereocenters. The summed E-state index contributed by atoms with van der Waals surface area (Å²) in [6, 6.07) is 0. The van der Waals surface area contributed by atoms with Gasteiger partial charge in [0.05, 0.1) is 18.8 Å². The first-order chi connectivity index (χ1) is 6.57. The summed E-state index contributed by atoms with van der Waals surface area (Å²) in [5.74, 6) is -0.455. The van der Waals surface area contributed by atoms with Gasteiger partial charge in [0.25, 0.3) is 0 Å². The number of rotatable bonds is 0. The van der Waals surface area contributed by atoms with Crippen LogP contribution in [0.25, 0.3) is 0 Å². The van der Waals surface area contributed by atoms with Crippen molar-refractivity contribution < 1.29 is 14.2 Å². The Hall–Kier alpha value is -0.380. The van der Waals surface area contributed by atoms with Gasteiger partial charge < -0.3 is 14.2 Å². The molecule has 80 valence electrons. The van der Waals surface area contributed by atoms with Crippen LogP contribution in [0.3, 0.4) is 0 Å². The Bertz CT molecular complexity index is 235. The normalized spacial score (nSPS) is 43.8. The molecule has 1 saturated heterocycles. The third-order valence-corrected chi connectivity index (χ3v) is 2.59. The van der Waals surface area contributed by atoms with E-state index in [9.17, 15) is 0 Å². The summed E-state index contributed by atoms with van der Waals surface area (Å²) >= 11 is 0. The van der Waals surface area contributed by atoms with Crippen molar-refractivity contribution in [2.45, 2.75) is 51.3 Å². The number of ether oxygens (including phenoxy) is 3. The van der Waals surface area contributed by atoms with Gasteiger partial charge in [-0.2, -0.15) is 0 Å². The quantitative estimate of drug-likeness (QED) is 0.556. The van der Waals surface area contributed by atoms with Crippen molar-refractivity contribution >= 4 is 0 Å². The predicted molar refractivity (Wildman–Crippen MR) is 53.0 cm³/mol. The second kappa shape index (κ2) is 3.65. The van der Waals surface area contributed by atoms with Gasteiger partial charge in [0.2, 0.25) is 0 Å². The smallest absolute Gasteiger partial charge is 0.164 e. The van der Waals surface area contributed by atoms with Crippen LogP contribution in [0, 0.1) is 0 Å². The minimum Gasteiger partial charge on any atom is -0.374 e. The molecule has 0 saturated carbocycles. The molecule has 3 nitrogen and oxygen atoms in total. The van der Waals surface area contributed by atoms with Gasteiger partial charge in [-0.1, -0.05) is 12.2 Å². The van der Waals surface area contributed by atoms with Crippen LogP contribution >= 0.6 is 0 Å². The Morgan fingerprint density at radius 3 is 2.86 bits per heavy atom. The van der Waals surface area contributed by atoms with E-state index in [1.807, 2.05) is 26.0 Å². The van der Waals surface area contributed by atoms with Gasteiger partial charge in [0.15, 0.2) is 5.79 Å². The Kier molecular flexibility index (Phi) is 2.64. The molecule has 0 aromatic rings. The molecule has 0 N–H and O–H groups in total. The zero-order valence-electron chi connectivity index (χ0n) is 9.03. The van der Waals surface area contributed by atoms with Crippen LogP contribution in [0.1, 0.15) is 27.2 Å². The summed E-state index contributed by atoms with van der Waals surface area (Å²) in [4.78, 5) is 0. The SMILES string of the molecule is CC1C[C@H]2OC(C)(C)O[C@H]2/C=C\CO1. The lowest BCUT2D eigenvalue weighted by Crippen LogP contribution is -2.28. The van der Waals surface area contributed by atoms with E-state index in [1.165, 1.54) is 0 Å². The monoisotopic (exact) mass is 198 g/mol. The van der Waals surface area contributed by atoms with E-state index in [1.54, 1.807) is 0 Å². The summed E-state index contributed by atoms with van der Waals surface area (Å²) in [6.07, 6.45) is 5.43. The van der Waals surface area contributed by atoms with E-state index in [-0.39, 0.29) is 18.3 Å². The Morgan fingerprint density at radius 1 is 1.29 bits per heavy atom. The summed E-state index contributed by atoms with van der Waals surface area (Å²) in [5, 5.41) is 0. The van der Waals surface area contributed by atoms with E-state index in [0.29, 0.717) is 6.61 Å². The molecule has 2 rings (SSSR count). The summed E-state index contributed by atoms with van der Waals surface area (Å²) in [5.41, 5.74) is 0. The van der Waals surface area contributed by atoms with Gasteiger partial charge in [-0.25, -0.2) is 0 Å². The molecule has 2 aliphatic rings. The fourth-order valence-corrected chi connectivity index (χ4v) is 2.01. The first kappa shape index (κ1) is 10.1. The van der Waals surface area contributed by atoms with Gasteiger partial charge >= 0.3 is 0 Å². The van der Waals surface area contributed by atoms with E-state index in [0.717, 1.165) is 6.42 Å². The second-order valence-corrected chi connectivity index (χ2v) is 4.45. The molecule has 1 fully saturated rings. The highest BCUT2D eigenvalue weighted by Gasteiger charge is 2.40. The molecular weight excluding hydrogens is 180 g/mol. The second-order valence-electron chi connectivity index (χ2n) is 4.45. The summed E-state index contributed by atoms with van der Waals surface area (Å²) in [7, 11) is 0. The molecule has 0 aliphatic carbocycles. The van der Waals surface area contributed by atoms with Gasteiger partial charge in [-0.15, -0.1) is 0 Å². The van der Waals surface area contributed by atoms with E-state index < -0.39 is 5.79 Å².